The van der Waals surface area contributed by atoms with Gasteiger partial charge in [0.15, 0.2) is 0 Å². The van der Waals surface area contributed by atoms with Crippen molar-refractivity contribution in [1.82, 2.24) is 9.88 Å². The normalized spacial score (nSPS) is 19.4. The Morgan fingerprint density at radius 1 is 1.58 bits per heavy atom. The summed E-state index contributed by atoms with van der Waals surface area (Å²) in [4.78, 5) is 27.5. The summed E-state index contributed by atoms with van der Waals surface area (Å²) in [6.07, 6.45) is 2.50. The summed E-state index contributed by atoms with van der Waals surface area (Å²) in [5.74, 6) is 0.705. The molecule has 1 fully saturated rings. The molecule has 1 aromatic rings. The van der Waals surface area contributed by atoms with Crippen molar-refractivity contribution in [3.63, 3.8) is 0 Å². The van der Waals surface area contributed by atoms with Gasteiger partial charge in [0.2, 0.25) is 5.91 Å². The van der Waals surface area contributed by atoms with E-state index in [0.29, 0.717) is 24.3 Å². The van der Waals surface area contributed by atoms with Crippen molar-refractivity contribution in [3.05, 3.63) is 27.9 Å². The minimum atomic E-state index is -0.469. The molecule has 0 bridgehead atoms. The van der Waals surface area contributed by atoms with Crippen LogP contribution in [0.2, 0.25) is 0 Å². The van der Waals surface area contributed by atoms with Crippen LogP contribution in [-0.4, -0.2) is 40.3 Å². The van der Waals surface area contributed by atoms with Gasteiger partial charge in [-0.1, -0.05) is 0 Å². The van der Waals surface area contributed by atoms with Gasteiger partial charge in [-0.25, -0.2) is 4.98 Å². The molecule has 1 aliphatic rings. The van der Waals surface area contributed by atoms with Crippen LogP contribution in [0.1, 0.15) is 18.4 Å². The average Bonchev–Trinajstić information content (AvgIpc) is 2.36. The summed E-state index contributed by atoms with van der Waals surface area (Å²) in [5.41, 5.74) is 0.683. The van der Waals surface area contributed by atoms with E-state index >= 15 is 0 Å². The number of amides is 1. The van der Waals surface area contributed by atoms with E-state index in [9.17, 15) is 14.9 Å². The fourth-order valence-electron chi connectivity index (χ4n) is 2.07. The third-order valence-corrected chi connectivity index (χ3v) is 3.28. The molecule has 1 aliphatic heterocycles. The lowest BCUT2D eigenvalue weighted by molar-refractivity contribution is -0.385. The Kier molecular flexibility index (Phi) is 3.64. The van der Waals surface area contributed by atoms with Crippen molar-refractivity contribution in [3.8, 4) is 0 Å². The van der Waals surface area contributed by atoms with Crippen LogP contribution in [-0.2, 0) is 4.79 Å². The molecule has 0 saturated carbocycles. The molecular weight excluding hydrogens is 248 g/mol. The fraction of sp³-hybridized carbons (Fsp3) is 0.500. The molecule has 1 atom stereocenters. The van der Waals surface area contributed by atoms with Crippen LogP contribution < -0.4 is 5.32 Å². The van der Waals surface area contributed by atoms with Gasteiger partial charge in [0.25, 0.3) is 5.69 Å². The zero-order valence-corrected chi connectivity index (χ0v) is 10.9. The van der Waals surface area contributed by atoms with Crippen molar-refractivity contribution in [2.45, 2.75) is 25.8 Å². The number of pyridine rings is 1. The third-order valence-electron chi connectivity index (χ3n) is 3.28. The number of hydrogen-bond acceptors (Lipinski definition) is 5. The monoisotopic (exact) mass is 264 g/mol. The number of nitro groups is 1. The molecule has 0 aromatic carbocycles. The van der Waals surface area contributed by atoms with Gasteiger partial charge in [0.1, 0.15) is 12.0 Å². The highest BCUT2D eigenvalue weighted by molar-refractivity contribution is 5.77. The van der Waals surface area contributed by atoms with E-state index in [1.807, 2.05) is 0 Å². The Labute approximate surface area is 110 Å². The van der Waals surface area contributed by atoms with E-state index in [-0.39, 0.29) is 17.6 Å². The van der Waals surface area contributed by atoms with Crippen LogP contribution in [0.4, 0.5) is 11.5 Å². The average molecular weight is 264 g/mol. The largest absolute Gasteiger partial charge is 0.367 e. The highest BCUT2D eigenvalue weighted by Gasteiger charge is 2.24. The highest BCUT2D eigenvalue weighted by Crippen LogP contribution is 2.21. The molecule has 19 heavy (non-hydrogen) atoms. The summed E-state index contributed by atoms with van der Waals surface area (Å²) in [5, 5.41) is 13.8. The van der Waals surface area contributed by atoms with Crippen molar-refractivity contribution >= 4 is 17.4 Å². The fourth-order valence-corrected chi connectivity index (χ4v) is 2.07. The van der Waals surface area contributed by atoms with Crippen molar-refractivity contribution in [1.29, 1.82) is 0 Å². The van der Waals surface area contributed by atoms with Crippen LogP contribution in [0, 0.1) is 17.0 Å². The zero-order chi connectivity index (χ0) is 14.0. The minimum Gasteiger partial charge on any atom is -0.367 e. The van der Waals surface area contributed by atoms with E-state index in [0.717, 1.165) is 6.42 Å². The van der Waals surface area contributed by atoms with E-state index in [1.165, 1.54) is 12.3 Å². The number of carbonyl (C=O) groups is 1. The van der Waals surface area contributed by atoms with Crippen LogP contribution in [0.15, 0.2) is 12.3 Å². The third kappa shape index (κ3) is 2.98. The van der Waals surface area contributed by atoms with Crippen LogP contribution in [0.3, 0.4) is 0 Å². The molecule has 7 nitrogen and oxygen atoms in total. The minimum absolute atomic E-state index is 0.0255. The Balaban J connectivity index is 2.07. The number of hydrogen-bond donors (Lipinski definition) is 1. The number of nitrogens with zero attached hydrogens (tertiary/aromatic N) is 3. The Morgan fingerprint density at radius 2 is 2.32 bits per heavy atom. The van der Waals surface area contributed by atoms with Crippen LogP contribution >= 0.6 is 0 Å². The lowest BCUT2D eigenvalue weighted by Gasteiger charge is -2.29. The number of anilines is 1. The number of likely N-dealkylation sites (tertiary alicyclic amines) is 1. The SMILES string of the molecule is Cc1cc([N+](=O)[O-])cnc1NC1CCN(C)C(=O)C1. The molecular formula is C12H16N4O3. The van der Waals surface area contributed by atoms with E-state index in [1.54, 1.807) is 18.9 Å². The van der Waals surface area contributed by atoms with Gasteiger partial charge in [0, 0.05) is 32.1 Å². The second-order valence-corrected chi connectivity index (χ2v) is 4.77. The predicted octanol–water partition coefficient (Wildman–Crippen LogP) is 1.33. The zero-order valence-electron chi connectivity index (χ0n) is 10.9. The molecule has 0 spiro atoms. The number of aromatic nitrogens is 1. The Morgan fingerprint density at radius 3 is 2.89 bits per heavy atom. The van der Waals surface area contributed by atoms with E-state index in [4.69, 9.17) is 0 Å². The van der Waals surface area contributed by atoms with Gasteiger partial charge in [-0.2, -0.15) is 0 Å². The van der Waals surface area contributed by atoms with Gasteiger partial charge < -0.3 is 10.2 Å². The summed E-state index contributed by atoms with van der Waals surface area (Å²) < 4.78 is 0. The summed E-state index contributed by atoms with van der Waals surface area (Å²) in [6.45, 7) is 2.47. The lowest BCUT2D eigenvalue weighted by atomic mass is 10.0. The number of carbonyl (C=O) groups excluding carboxylic acids is 1. The van der Waals surface area contributed by atoms with Gasteiger partial charge in [-0.05, 0) is 18.9 Å². The summed E-state index contributed by atoms with van der Waals surface area (Å²) in [6, 6.07) is 1.52. The Bertz CT molecular complexity index is 518. The smallest absolute Gasteiger partial charge is 0.287 e. The van der Waals surface area contributed by atoms with Crippen LogP contribution in [0.5, 0.6) is 0 Å². The number of nitrogens with one attached hydrogen (secondary N) is 1. The first kappa shape index (κ1) is 13.3. The second kappa shape index (κ2) is 5.21. The van der Waals surface area contributed by atoms with Gasteiger partial charge >= 0.3 is 0 Å². The van der Waals surface area contributed by atoms with Crippen molar-refractivity contribution in [2.24, 2.45) is 0 Å². The lowest BCUT2D eigenvalue weighted by Crippen LogP contribution is -2.41. The molecule has 1 N–H and O–H groups in total. The first-order valence-electron chi connectivity index (χ1n) is 6.09. The maximum Gasteiger partial charge on any atom is 0.287 e. The standard InChI is InChI=1S/C12H16N4O3/c1-8-5-10(16(18)19)7-13-12(8)14-9-3-4-15(2)11(17)6-9/h5,7,9H,3-4,6H2,1-2H3,(H,13,14). The second-order valence-electron chi connectivity index (χ2n) is 4.77. The molecule has 102 valence electrons. The number of piperidine rings is 1. The summed E-state index contributed by atoms with van der Waals surface area (Å²) >= 11 is 0. The molecule has 2 rings (SSSR count). The maximum absolute atomic E-state index is 11.6. The topological polar surface area (TPSA) is 88.4 Å². The quantitative estimate of drug-likeness (QED) is 0.657. The van der Waals surface area contributed by atoms with E-state index < -0.39 is 4.92 Å². The molecule has 1 amide bonds. The number of aryl methyl sites for hydroxylation is 1. The maximum atomic E-state index is 11.6. The summed E-state index contributed by atoms with van der Waals surface area (Å²) in [7, 11) is 1.79. The molecule has 7 heteroatoms. The molecule has 1 aromatic heterocycles. The number of rotatable bonds is 3. The predicted molar refractivity (Wildman–Crippen MR) is 69.9 cm³/mol. The van der Waals surface area contributed by atoms with Crippen molar-refractivity contribution < 1.29 is 9.72 Å². The molecule has 0 aliphatic carbocycles. The van der Waals surface area contributed by atoms with Gasteiger partial charge in [-0.15, -0.1) is 0 Å². The molecule has 1 unspecified atom stereocenters. The molecule has 2 heterocycles. The molecule has 0 radical (unpaired) electrons. The first-order chi connectivity index (χ1) is 8.97. The highest BCUT2D eigenvalue weighted by atomic mass is 16.6. The first-order valence-corrected chi connectivity index (χ1v) is 6.09. The molecule has 1 saturated heterocycles. The van der Waals surface area contributed by atoms with Gasteiger partial charge in [0.05, 0.1) is 4.92 Å². The van der Waals surface area contributed by atoms with Gasteiger partial charge in [-0.3, -0.25) is 14.9 Å². The van der Waals surface area contributed by atoms with Crippen molar-refractivity contribution in [2.75, 3.05) is 18.9 Å². The van der Waals surface area contributed by atoms with E-state index in [2.05, 4.69) is 10.3 Å². The Hall–Kier alpha value is -2.18. The van der Waals surface area contributed by atoms with Crippen LogP contribution in [0.25, 0.3) is 0 Å².